The number of ether oxygens (including phenoxy) is 1. The molecule has 106 valence electrons. The molecule has 0 aliphatic rings. The van der Waals surface area contributed by atoms with Crippen LogP contribution < -0.4 is 4.74 Å². The van der Waals surface area contributed by atoms with E-state index in [4.69, 9.17) is 9.84 Å². The van der Waals surface area contributed by atoms with Crippen LogP contribution in [0.25, 0.3) is 10.9 Å². The van der Waals surface area contributed by atoms with Crippen molar-refractivity contribution in [2.24, 2.45) is 0 Å². The molecular weight excluding hydrogens is 258 g/mol. The minimum absolute atomic E-state index is 0.0617. The van der Waals surface area contributed by atoms with Crippen molar-refractivity contribution in [2.75, 3.05) is 13.2 Å². The van der Waals surface area contributed by atoms with E-state index in [2.05, 4.69) is 4.98 Å². The molecule has 1 aromatic heterocycles. The highest BCUT2D eigenvalue weighted by atomic mass is 16.5. The van der Waals surface area contributed by atoms with E-state index in [9.17, 15) is 9.90 Å². The van der Waals surface area contributed by atoms with Crippen molar-refractivity contribution in [1.29, 1.82) is 0 Å². The number of rotatable bonds is 7. The van der Waals surface area contributed by atoms with E-state index in [-0.39, 0.29) is 31.8 Å². The van der Waals surface area contributed by atoms with Crippen LogP contribution in [-0.4, -0.2) is 40.3 Å². The first kappa shape index (κ1) is 14.4. The predicted molar refractivity (Wildman–Crippen MR) is 74.6 cm³/mol. The number of hydrogen-bond acceptors (Lipinski definition) is 5. The molecule has 0 saturated heterocycles. The quantitative estimate of drug-likeness (QED) is 0.796. The monoisotopic (exact) mass is 275 g/mol. The summed E-state index contributed by atoms with van der Waals surface area (Å²) in [6.07, 6.45) is 1.25. The highest BCUT2D eigenvalue weighted by molar-refractivity contribution is 5.85. The maximum Gasteiger partial charge on any atom is 0.170 e. The van der Waals surface area contributed by atoms with Gasteiger partial charge in [-0.15, -0.1) is 0 Å². The van der Waals surface area contributed by atoms with E-state index in [1.54, 1.807) is 12.3 Å². The van der Waals surface area contributed by atoms with Crippen molar-refractivity contribution in [3.8, 4) is 5.75 Å². The Bertz CT molecular complexity index is 580. The van der Waals surface area contributed by atoms with Crippen molar-refractivity contribution in [3.05, 3.63) is 36.5 Å². The molecule has 0 radical (unpaired) electrons. The lowest BCUT2D eigenvalue weighted by Crippen LogP contribution is -2.17. The molecule has 20 heavy (non-hydrogen) atoms. The molecule has 0 fully saturated rings. The van der Waals surface area contributed by atoms with Crippen LogP contribution in [0.2, 0.25) is 0 Å². The Hall–Kier alpha value is -1.98. The third kappa shape index (κ3) is 3.76. The van der Waals surface area contributed by atoms with Crippen LogP contribution in [0.1, 0.15) is 12.8 Å². The number of aliphatic hydroxyl groups excluding tert-OH is 2. The molecule has 2 aromatic rings. The summed E-state index contributed by atoms with van der Waals surface area (Å²) in [6, 6.07) is 9.31. The molecule has 2 rings (SSSR count). The molecule has 5 heteroatoms. The van der Waals surface area contributed by atoms with Gasteiger partial charge in [-0.25, -0.2) is 0 Å². The number of Topliss-reactive ketones (excluding diaryl/α,β-unsaturated/α-hetero) is 1. The summed E-state index contributed by atoms with van der Waals surface area (Å²) in [5.74, 6) is 0.449. The Morgan fingerprint density at radius 2 is 2.10 bits per heavy atom. The number of fused-ring (bicyclic) bond motifs is 1. The second kappa shape index (κ2) is 6.98. The van der Waals surface area contributed by atoms with Crippen LogP contribution >= 0.6 is 0 Å². The van der Waals surface area contributed by atoms with Crippen molar-refractivity contribution >= 4 is 16.7 Å². The molecule has 1 unspecified atom stereocenters. The average molecular weight is 275 g/mol. The Kier molecular flexibility index (Phi) is 5.03. The largest absolute Gasteiger partial charge is 0.484 e. The van der Waals surface area contributed by atoms with Crippen LogP contribution in [0.5, 0.6) is 5.75 Å². The summed E-state index contributed by atoms with van der Waals surface area (Å²) in [7, 11) is 0. The topological polar surface area (TPSA) is 79.7 Å². The number of benzene rings is 1. The fourth-order valence-corrected chi connectivity index (χ4v) is 1.84. The van der Waals surface area contributed by atoms with Crippen LogP contribution in [-0.2, 0) is 4.79 Å². The summed E-state index contributed by atoms with van der Waals surface area (Å²) in [5.41, 5.74) is 0.721. The standard InChI is InChI=1S/C15H17NO4/c17-9-12(18)6-7-13(19)10-20-14-5-1-3-11-4-2-8-16-15(11)14/h1-5,8,12,17-18H,6-7,9-10H2. The predicted octanol–water partition coefficient (Wildman–Crippen LogP) is 1.32. The summed E-state index contributed by atoms with van der Waals surface area (Å²) in [5, 5.41) is 18.8. The number of ketones is 1. The average Bonchev–Trinajstić information content (AvgIpc) is 2.50. The number of carbonyl (C=O) groups excluding carboxylic acids is 1. The first-order chi connectivity index (χ1) is 9.70. The lowest BCUT2D eigenvalue weighted by molar-refractivity contribution is -0.121. The van der Waals surface area contributed by atoms with Gasteiger partial charge in [0.15, 0.2) is 5.78 Å². The Morgan fingerprint density at radius 1 is 1.30 bits per heavy atom. The minimum Gasteiger partial charge on any atom is -0.484 e. The number of carbonyl (C=O) groups is 1. The molecule has 2 N–H and O–H groups in total. The number of aromatic nitrogens is 1. The number of hydrogen-bond donors (Lipinski definition) is 2. The third-order valence-corrected chi connectivity index (χ3v) is 2.95. The Balaban J connectivity index is 1.94. The van der Waals surface area contributed by atoms with Gasteiger partial charge in [0.2, 0.25) is 0 Å². The van der Waals surface area contributed by atoms with Crippen LogP contribution in [0, 0.1) is 0 Å². The molecule has 1 aromatic carbocycles. The molecule has 5 nitrogen and oxygen atoms in total. The second-order valence-electron chi connectivity index (χ2n) is 4.53. The van der Waals surface area contributed by atoms with Gasteiger partial charge in [0.1, 0.15) is 17.9 Å². The normalized spacial score (nSPS) is 12.3. The number of pyridine rings is 1. The van der Waals surface area contributed by atoms with E-state index in [1.807, 2.05) is 24.3 Å². The zero-order chi connectivity index (χ0) is 14.4. The molecule has 1 atom stereocenters. The molecule has 0 spiro atoms. The number of nitrogens with zero attached hydrogens (tertiary/aromatic N) is 1. The third-order valence-electron chi connectivity index (χ3n) is 2.95. The molecule has 0 aliphatic carbocycles. The first-order valence-corrected chi connectivity index (χ1v) is 6.48. The number of para-hydroxylation sites is 1. The van der Waals surface area contributed by atoms with E-state index in [0.29, 0.717) is 5.75 Å². The van der Waals surface area contributed by atoms with Gasteiger partial charge in [0.05, 0.1) is 12.7 Å². The van der Waals surface area contributed by atoms with Crippen LogP contribution in [0.3, 0.4) is 0 Å². The zero-order valence-electron chi connectivity index (χ0n) is 11.0. The highest BCUT2D eigenvalue weighted by Crippen LogP contribution is 2.22. The molecule has 1 heterocycles. The second-order valence-corrected chi connectivity index (χ2v) is 4.53. The lowest BCUT2D eigenvalue weighted by Gasteiger charge is -2.09. The van der Waals surface area contributed by atoms with Gasteiger partial charge >= 0.3 is 0 Å². The molecule has 0 aliphatic heterocycles. The SMILES string of the molecule is O=C(CCC(O)CO)COc1cccc2cccnc12. The zero-order valence-corrected chi connectivity index (χ0v) is 11.0. The lowest BCUT2D eigenvalue weighted by atomic mass is 10.1. The molecule has 0 bridgehead atoms. The fourth-order valence-electron chi connectivity index (χ4n) is 1.84. The van der Waals surface area contributed by atoms with Gasteiger partial charge in [0.25, 0.3) is 0 Å². The molecular formula is C15H17NO4. The fraction of sp³-hybridized carbons (Fsp3) is 0.333. The van der Waals surface area contributed by atoms with Crippen molar-refractivity contribution in [1.82, 2.24) is 4.98 Å². The van der Waals surface area contributed by atoms with Crippen molar-refractivity contribution < 1.29 is 19.7 Å². The van der Waals surface area contributed by atoms with E-state index in [0.717, 1.165) is 10.9 Å². The van der Waals surface area contributed by atoms with E-state index >= 15 is 0 Å². The van der Waals surface area contributed by atoms with Gasteiger partial charge in [-0.3, -0.25) is 9.78 Å². The maximum atomic E-state index is 11.6. The van der Waals surface area contributed by atoms with E-state index in [1.165, 1.54) is 0 Å². The molecule has 0 saturated carbocycles. The summed E-state index contributed by atoms with van der Waals surface area (Å²) >= 11 is 0. The van der Waals surface area contributed by atoms with Gasteiger partial charge in [-0.1, -0.05) is 18.2 Å². The highest BCUT2D eigenvalue weighted by Gasteiger charge is 2.09. The number of aliphatic hydroxyl groups is 2. The minimum atomic E-state index is -0.849. The van der Waals surface area contributed by atoms with Gasteiger partial charge < -0.3 is 14.9 Å². The summed E-state index contributed by atoms with van der Waals surface area (Å²) < 4.78 is 5.49. The molecule has 0 amide bonds. The summed E-state index contributed by atoms with van der Waals surface area (Å²) in [6.45, 7) is -0.394. The van der Waals surface area contributed by atoms with Crippen molar-refractivity contribution in [3.63, 3.8) is 0 Å². The van der Waals surface area contributed by atoms with E-state index < -0.39 is 6.10 Å². The smallest absolute Gasteiger partial charge is 0.170 e. The van der Waals surface area contributed by atoms with Gasteiger partial charge in [-0.05, 0) is 18.6 Å². The summed E-state index contributed by atoms with van der Waals surface area (Å²) in [4.78, 5) is 15.9. The van der Waals surface area contributed by atoms with Crippen molar-refractivity contribution in [2.45, 2.75) is 18.9 Å². The van der Waals surface area contributed by atoms with Gasteiger partial charge in [-0.2, -0.15) is 0 Å². The van der Waals surface area contributed by atoms with Crippen LogP contribution in [0.4, 0.5) is 0 Å². The Morgan fingerprint density at radius 3 is 2.90 bits per heavy atom. The first-order valence-electron chi connectivity index (χ1n) is 6.48. The maximum absolute atomic E-state index is 11.6. The van der Waals surface area contributed by atoms with Crippen LogP contribution in [0.15, 0.2) is 36.5 Å². The van der Waals surface area contributed by atoms with Gasteiger partial charge in [0, 0.05) is 18.0 Å². The Labute approximate surface area is 116 Å².